The van der Waals surface area contributed by atoms with Crippen molar-refractivity contribution in [1.82, 2.24) is 15.5 Å². The molecule has 0 saturated carbocycles. The first kappa shape index (κ1) is 18.0. The van der Waals surface area contributed by atoms with Gasteiger partial charge in [0, 0.05) is 12.1 Å². The summed E-state index contributed by atoms with van der Waals surface area (Å²) >= 11 is 0. The Bertz CT molecular complexity index is 956. The summed E-state index contributed by atoms with van der Waals surface area (Å²) in [7, 11) is 1.61. The van der Waals surface area contributed by atoms with Gasteiger partial charge in [0.25, 0.3) is 5.91 Å². The van der Waals surface area contributed by atoms with Crippen molar-refractivity contribution < 1.29 is 18.7 Å². The highest BCUT2D eigenvalue weighted by Crippen LogP contribution is 2.33. The summed E-state index contributed by atoms with van der Waals surface area (Å²) in [5.41, 5.74) is 2.30. The molecule has 144 valence electrons. The molecule has 0 bridgehead atoms. The number of methoxy groups -OCH3 is 1. The van der Waals surface area contributed by atoms with Crippen LogP contribution in [-0.2, 0) is 11.2 Å². The van der Waals surface area contributed by atoms with E-state index < -0.39 is 17.9 Å². The lowest BCUT2D eigenvalue weighted by atomic mass is 9.96. The van der Waals surface area contributed by atoms with E-state index in [0.717, 1.165) is 11.3 Å². The molecule has 6 nitrogen and oxygen atoms in total. The Kier molecular flexibility index (Phi) is 4.73. The molecule has 2 N–H and O–H groups in total. The van der Waals surface area contributed by atoms with Crippen molar-refractivity contribution in [2.45, 2.75) is 12.5 Å². The van der Waals surface area contributed by atoms with Gasteiger partial charge in [-0.15, -0.1) is 0 Å². The van der Waals surface area contributed by atoms with Crippen LogP contribution in [0.1, 0.15) is 17.2 Å². The van der Waals surface area contributed by atoms with E-state index >= 15 is 0 Å². The number of hydrogen-bond donors (Lipinski definition) is 2. The molecule has 1 atom stereocenters. The first-order chi connectivity index (χ1) is 13.6. The van der Waals surface area contributed by atoms with Crippen LogP contribution >= 0.6 is 0 Å². The SMILES string of the molecule is COc1ccc(CCN2CC3=C(C2=O)C(c2ccccc2F)NC(=O)N3)cc1. The van der Waals surface area contributed by atoms with Gasteiger partial charge in [-0.05, 0) is 30.2 Å². The normalized spacial score (nSPS) is 18.6. The zero-order valence-corrected chi connectivity index (χ0v) is 15.4. The van der Waals surface area contributed by atoms with E-state index in [1.165, 1.54) is 6.07 Å². The summed E-state index contributed by atoms with van der Waals surface area (Å²) in [6.07, 6.45) is 0.669. The second-order valence-electron chi connectivity index (χ2n) is 6.77. The quantitative estimate of drug-likeness (QED) is 0.836. The summed E-state index contributed by atoms with van der Waals surface area (Å²) in [5, 5.41) is 5.37. The zero-order valence-electron chi connectivity index (χ0n) is 15.4. The molecular weight excluding hydrogens is 361 g/mol. The first-order valence-corrected chi connectivity index (χ1v) is 9.04. The molecule has 2 aliphatic rings. The van der Waals surface area contributed by atoms with E-state index in [0.29, 0.717) is 30.8 Å². The topological polar surface area (TPSA) is 70.7 Å². The number of ether oxygens (including phenoxy) is 1. The zero-order chi connectivity index (χ0) is 19.7. The van der Waals surface area contributed by atoms with Gasteiger partial charge in [0.1, 0.15) is 11.6 Å². The minimum absolute atomic E-state index is 0.190. The summed E-state index contributed by atoms with van der Waals surface area (Å²) in [6, 6.07) is 12.6. The maximum absolute atomic E-state index is 14.3. The van der Waals surface area contributed by atoms with Gasteiger partial charge in [-0.1, -0.05) is 30.3 Å². The average molecular weight is 381 g/mol. The van der Waals surface area contributed by atoms with Gasteiger partial charge in [0.2, 0.25) is 0 Å². The van der Waals surface area contributed by atoms with Crippen LogP contribution in [0.2, 0.25) is 0 Å². The molecule has 1 unspecified atom stereocenters. The molecule has 2 aliphatic heterocycles. The maximum Gasteiger partial charge on any atom is 0.319 e. The van der Waals surface area contributed by atoms with Gasteiger partial charge < -0.3 is 20.3 Å². The van der Waals surface area contributed by atoms with Crippen LogP contribution in [0.4, 0.5) is 9.18 Å². The fraction of sp³-hybridized carbons (Fsp3) is 0.238. The number of urea groups is 1. The van der Waals surface area contributed by atoms with Crippen LogP contribution in [-0.4, -0.2) is 37.0 Å². The number of carbonyl (C=O) groups excluding carboxylic acids is 2. The highest BCUT2D eigenvalue weighted by molar-refractivity contribution is 6.01. The number of halogens is 1. The van der Waals surface area contributed by atoms with Crippen molar-refractivity contribution in [3.63, 3.8) is 0 Å². The summed E-state index contributed by atoms with van der Waals surface area (Å²) in [4.78, 5) is 26.7. The number of hydrogen-bond acceptors (Lipinski definition) is 3. The van der Waals surface area contributed by atoms with E-state index in [1.807, 2.05) is 24.3 Å². The number of amides is 3. The second-order valence-corrected chi connectivity index (χ2v) is 6.77. The molecule has 0 aromatic heterocycles. The van der Waals surface area contributed by atoms with Crippen molar-refractivity contribution in [2.24, 2.45) is 0 Å². The number of nitrogens with zero attached hydrogens (tertiary/aromatic N) is 1. The molecule has 7 heteroatoms. The second kappa shape index (κ2) is 7.34. The number of nitrogens with one attached hydrogen (secondary N) is 2. The minimum atomic E-state index is -0.788. The van der Waals surface area contributed by atoms with Crippen molar-refractivity contribution in [3.05, 3.63) is 76.7 Å². The van der Waals surface area contributed by atoms with E-state index in [-0.39, 0.29) is 11.5 Å². The average Bonchev–Trinajstić information content (AvgIpc) is 3.02. The van der Waals surface area contributed by atoms with Gasteiger partial charge in [0.05, 0.1) is 31.0 Å². The highest BCUT2D eigenvalue weighted by Gasteiger charge is 2.40. The predicted octanol–water partition coefficient (Wildman–Crippen LogP) is 2.53. The fourth-order valence-corrected chi connectivity index (χ4v) is 3.61. The molecular formula is C21H20FN3O3. The van der Waals surface area contributed by atoms with Crippen molar-refractivity contribution >= 4 is 11.9 Å². The monoisotopic (exact) mass is 381 g/mol. The molecule has 3 amide bonds. The summed E-state index contributed by atoms with van der Waals surface area (Å²) < 4.78 is 19.4. The van der Waals surface area contributed by atoms with Crippen LogP contribution in [0.5, 0.6) is 5.75 Å². The predicted molar refractivity (Wildman–Crippen MR) is 101 cm³/mol. The third-order valence-electron chi connectivity index (χ3n) is 5.07. The molecule has 28 heavy (non-hydrogen) atoms. The van der Waals surface area contributed by atoms with Crippen LogP contribution in [0.3, 0.4) is 0 Å². The minimum Gasteiger partial charge on any atom is -0.497 e. The van der Waals surface area contributed by atoms with Gasteiger partial charge in [-0.3, -0.25) is 4.79 Å². The maximum atomic E-state index is 14.3. The van der Waals surface area contributed by atoms with E-state index in [1.54, 1.807) is 30.2 Å². The summed E-state index contributed by atoms with van der Waals surface area (Å²) in [5.74, 6) is 0.134. The lowest BCUT2D eigenvalue weighted by molar-refractivity contribution is -0.125. The number of benzene rings is 2. The smallest absolute Gasteiger partial charge is 0.319 e. The molecule has 0 fully saturated rings. The molecule has 0 saturated heterocycles. The Morgan fingerprint density at radius 1 is 1.14 bits per heavy atom. The Balaban J connectivity index is 1.52. The molecule has 0 spiro atoms. The Morgan fingerprint density at radius 3 is 2.61 bits per heavy atom. The fourth-order valence-electron chi connectivity index (χ4n) is 3.61. The lowest BCUT2D eigenvalue weighted by Crippen LogP contribution is -2.44. The molecule has 4 rings (SSSR count). The van der Waals surface area contributed by atoms with Gasteiger partial charge >= 0.3 is 6.03 Å². The molecule has 0 aliphatic carbocycles. The van der Waals surface area contributed by atoms with Crippen molar-refractivity contribution in [2.75, 3.05) is 20.2 Å². The number of rotatable bonds is 5. The van der Waals surface area contributed by atoms with Crippen LogP contribution in [0.25, 0.3) is 0 Å². The van der Waals surface area contributed by atoms with E-state index in [4.69, 9.17) is 4.74 Å². The lowest BCUT2D eigenvalue weighted by Gasteiger charge is -2.25. The number of carbonyl (C=O) groups is 2. The standard InChI is InChI=1S/C21H20FN3O3/c1-28-14-8-6-13(7-9-14)10-11-25-12-17-18(20(25)26)19(24-21(27)23-17)15-4-2-3-5-16(15)22/h2-9,19H,10-12H2,1H3,(H2,23,24,27). The van der Waals surface area contributed by atoms with Crippen LogP contribution in [0, 0.1) is 5.82 Å². The Morgan fingerprint density at radius 2 is 1.89 bits per heavy atom. The van der Waals surface area contributed by atoms with Gasteiger partial charge in [-0.25, -0.2) is 9.18 Å². The Hall–Kier alpha value is -3.35. The van der Waals surface area contributed by atoms with E-state index in [9.17, 15) is 14.0 Å². The molecule has 2 aromatic rings. The molecule has 2 heterocycles. The largest absolute Gasteiger partial charge is 0.497 e. The van der Waals surface area contributed by atoms with E-state index in [2.05, 4.69) is 10.6 Å². The molecule has 2 aromatic carbocycles. The van der Waals surface area contributed by atoms with Gasteiger partial charge in [0.15, 0.2) is 0 Å². The highest BCUT2D eigenvalue weighted by atomic mass is 19.1. The third kappa shape index (κ3) is 3.31. The first-order valence-electron chi connectivity index (χ1n) is 9.04. The van der Waals surface area contributed by atoms with Gasteiger partial charge in [-0.2, -0.15) is 0 Å². The Labute approximate surface area is 162 Å². The third-order valence-corrected chi connectivity index (χ3v) is 5.07. The van der Waals surface area contributed by atoms with Crippen LogP contribution in [0.15, 0.2) is 59.8 Å². The van der Waals surface area contributed by atoms with Crippen LogP contribution < -0.4 is 15.4 Å². The van der Waals surface area contributed by atoms with Crippen molar-refractivity contribution in [3.8, 4) is 5.75 Å². The van der Waals surface area contributed by atoms with Crippen molar-refractivity contribution in [1.29, 1.82) is 0 Å². The molecule has 0 radical (unpaired) electrons. The summed E-state index contributed by atoms with van der Waals surface area (Å²) in [6.45, 7) is 0.806.